The molecule has 0 spiro atoms. The molecule has 106 valence electrons. The van der Waals surface area contributed by atoms with Gasteiger partial charge in [0.25, 0.3) is 0 Å². The van der Waals surface area contributed by atoms with Gasteiger partial charge in [-0.05, 0) is 53.0 Å². The van der Waals surface area contributed by atoms with Crippen molar-refractivity contribution >= 4 is 39.4 Å². The Labute approximate surface area is 135 Å². The number of nitrogen functional groups attached to an aromatic ring is 1. The summed E-state index contributed by atoms with van der Waals surface area (Å²) in [6.45, 7) is 0. The maximum Gasteiger partial charge on any atom is 0.162 e. The summed E-state index contributed by atoms with van der Waals surface area (Å²) in [7, 11) is 0. The smallest absolute Gasteiger partial charge is 0.162 e. The van der Waals surface area contributed by atoms with E-state index < -0.39 is 0 Å². The van der Waals surface area contributed by atoms with Gasteiger partial charge in [-0.1, -0.05) is 24.3 Å². The number of nitrogens with zero attached hydrogens (tertiary/aromatic N) is 3. The zero-order valence-electron chi connectivity index (χ0n) is 11.3. The SMILES string of the molecule is Nc1nc(C2CCc3ccccc3C2)nc2[nH]nc(I)c12. The van der Waals surface area contributed by atoms with Crippen LogP contribution in [0.1, 0.15) is 29.3 Å². The molecule has 1 unspecified atom stereocenters. The van der Waals surface area contributed by atoms with E-state index in [-0.39, 0.29) is 0 Å². The normalized spacial score (nSPS) is 17.9. The van der Waals surface area contributed by atoms with Crippen molar-refractivity contribution in [3.63, 3.8) is 0 Å². The first-order valence-corrected chi connectivity index (χ1v) is 8.04. The molecular weight excluding hydrogens is 377 g/mol. The monoisotopic (exact) mass is 391 g/mol. The number of nitrogens with one attached hydrogen (secondary N) is 1. The summed E-state index contributed by atoms with van der Waals surface area (Å²) in [4.78, 5) is 9.17. The maximum absolute atomic E-state index is 6.09. The first-order chi connectivity index (χ1) is 10.2. The molecule has 1 aliphatic rings. The van der Waals surface area contributed by atoms with Gasteiger partial charge in [-0.15, -0.1) is 0 Å². The summed E-state index contributed by atoms with van der Waals surface area (Å²) in [5.41, 5.74) is 9.67. The lowest BCUT2D eigenvalue weighted by molar-refractivity contribution is 0.557. The summed E-state index contributed by atoms with van der Waals surface area (Å²) in [6.07, 6.45) is 3.11. The Bertz CT molecular complexity index is 826. The van der Waals surface area contributed by atoms with Crippen molar-refractivity contribution in [3.05, 3.63) is 44.9 Å². The molecule has 1 aliphatic carbocycles. The van der Waals surface area contributed by atoms with Crippen molar-refractivity contribution < 1.29 is 0 Å². The highest BCUT2D eigenvalue weighted by Gasteiger charge is 2.23. The molecule has 0 fully saturated rings. The third-order valence-electron chi connectivity index (χ3n) is 4.13. The molecular formula is C15H14IN5. The minimum Gasteiger partial charge on any atom is -0.383 e. The van der Waals surface area contributed by atoms with Crippen molar-refractivity contribution in [2.75, 3.05) is 5.73 Å². The van der Waals surface area contributed by atoms with Crippen LogP contribution in [0, 0.1) is 3.70 Å². The number of aryl methyl sites for hydroxylation is 1. The minimum atomic E-state index is 0.326. The third kappa shape index (κ3) is 2.17. The van der Waals surface area contributed by atoms with Crippen LogP contribution in [0.4, 0.5) is 5.82 Å². The summed E-state index contributed by atoms with van der Waals surface area (Å²) < 4.78 is 0.820. The Morgan fingerprint density at radius 2 is 2.00 bits per heavy atom. The van der Waals surface area contributed by atoms with Gasteiger partial charge in [0.15, 0.2) is 5.65 Å². The number of hydrogen-bond donors (Lipinski definition) is 2. The lowest BCUT2D eigenvalue weighted by Crippen LogP contribution is -2.16. The van der Waals surface area contributed by atoms with Gasteiger partial charge < -0.3 is 5.73 Å². The fourth-order valence-electron chi connectivity index (χ4n) is 3.04. The molecule has 6 heteroatoms. The highest BCUT2D eigenvalue weighted by Crippen LogP contribution is 2.32. The van der Waals surface area contributed by atoms with Crippen LogP contribution in [0.5, 0.6) is 0 Å². The Balaban J connectivity index is 1.75. The van der Waals surface area contributed by atoms with Crippen LogP contribution in [-0.2, 0) is 12.8 Å². The van der Waals surface area contributed by atoms with Crippen molar-refractivity contribution in [2.24, 2.45) is 0 Å². The number of hydrogen-bond acceptors (Lipinski definition) is 4. The summed E-state index contributed by atoms with van der Waals surface area (Å²) in [6, 6.07) is 8.60. The number of aromatic nitrogens is 4. The van der Waals surface area contributed by atoms with Gasteiger partial charge in [0.2, 0.25) is 0 Å². The van der Waals surface area contributed by atoms with Crippen LogP contribution in [0.3, 0.4) is 0 Å². The molecule has 0 aliphatic heterocycles. The molecule has 0 saturated carbocycles. The third-order valence-corrected chi connectivity index (χ3v) is 4.91. The predicted molar refractivity (Wildman–Crippen MR) is 90.0 cm³/mol. The number of benzene rings is 1. The van der Waals surface area contributed by atoms with E-state index >= 15 is 0 Å². The number of fused-ring (bicyclic) bond motifs is 2. The Kier molecular flexibility index (Phi) is 3.06. The van der Waals surface area contributed by atoms with Crippen molar-refractivity contribution in [3.8, 4) is 0 Å². The number of aromatic amines is 1. The number of nitrogens with two attached hydrogens (primary N) is 1. The Morgan fingerprint density at radius 3 is 2.86 bits per heavy atom. The van der Waals surface area contributed by atoms with Crippen LogP contribution >= 0.6 is 22.6 Å². The van der Waals surface area contributed by atoms with Gasteiger partial charge in [0.1, 0.15) is 15.3 Å². The van der Waals surface area contributed by atoms with E-state index in [9.17, 15) is 0 Å². The second-order valence-electron chi connectivity index (χ2n) is 5.41. The zero-order valence-corrected chi connectivity index (χ0v) is 13.5. The first-order valence-electron chi connectivity index (χ1n) is 6.96. The lowest BCUT2D eigenvalue weighted by atomic mass is 9.83. The standard InChI is InChI=1S/C15H14IN5/c16-12-11-13(17)18-14(19-15(11)21-20-12)10-6-5-8-3-1-2-4-9(8)7-10/h1-4,10H,5-7H2,(H3,17,18,19,20,21). The van der Waals surface area contributed by atoms with Crippen molar-refractivity contribution in [2.45, 2.75) is 25.2 Å². The molecule has 2 aromatic heterocycles. The van der Waals surface area contributed by atoms with E-state index in [4.69, 9.17) is 5.73 Å². The van der Waals surface area contributed by atoms with Crippen LogP contribution in [0.15, 0.2) is 24.3 Å². The Morgan fingerprint density at radius 1 is 1.19 bits per heavy atom. The van der Waals surface area contributed by atoms with Crippen LogP contribution in [0.25, 0.3) is 11.0 Å². The topological polar surface area (TPSA) is 80.5 Å². The molecule has 3 aromatic rings. The van der Waals surface area contributed by atoms with Gasteiger partial charge in [-0.3, -0.25) is 5.10 Å². The molecule has 0 radical (unpaired) electrons. The second-order valence-corrected chi connectivity index (χ2v) is 6.44. The van der Waals surface area contributed by atoms with Crippen molar-refractivity contribution in [1.29, 1.82) is 0 Å². The van der Waals surface area contributed by atoms with Crippen LogP contribution < -0.4 is 5.73 Å². The van der Waals surface area contributed by atoms with Gasteiger partial charge >= 0.3 is 0 Å². The lowest BCUT2D eigenvalue weighted by Gasteiger charge is -2.23. The number of rotatable bonds is 1. The molecule has 0 saturated heterocycles. The molecule has 1 aromatic carbocycles. The van der Waals surface area contributed by atoms with E-state index in [1.807, 2.05) is 0 Å². The number of halogens is 1. The van der Waals surface area contributed by atoms with Gasteiger partial charge in [-0.25, -0.2) is 9.97 Å². The van der Waals surface area contributed by atoms with Gasteiger partial charge in [0, 0.05) is 5.92 Å². The maximum atomic E-state index is 6.09. The average molecular weight is 391 g/mol. The molecule has 2 heterocycles. The predicted octanol–water partition coefficient (Wildman–Crippen LogP) is 2.81. The van der Waals surface area contributed by atoms with Gasteiger partial charge in [-0.2, -0.15) is 5.10 Å². The fraction of sp³-hybridized carbons (Fsp3) is 0.267. The van der Waals surface area contributed by atoms with E-state index in [1.165, 1.54) is 11.1 Å². The molecule has 5 nitrogen and oxygen atoms in total. The van der Waals surface area contributed by atoms with Crippen LogP contribution in [-0.4, -0.2) is 20.2 Å². The highest BCUT2D eigenvalue weighted by atomic mass is 127. The summed E-state index contributed by atoms with van der Waals surface area (Å²) >= 11 is 2.14. The van der Waals surface area contributed by atoms with E-state index in [2.05, 4.69) is 67.0 Å². The van der Waals surface area contributed by atoms with Gasteiger partial charge in [0.05, 0.1) is 5.39 Å². The molecule has 4 rings (SSSR count). The first kappa shape index (κ1) is 13.0. The minimum absolute atomic E-state index is 0.326. The molecule has 3 N–H and O–H groups in total. The van der Waals surface area contributed by atoms with E-state index in [1.54, 1.807) is 0 Å². The van der Waals surface area contributed by atoms with Crippen LogP contribution in [0.2, 0.25) is 0 Å². The molecule has 0 amide bonds. The second kappa shape index (κ2) is 4.94. The van der Waals surface area contributed by atoms with E-state index in [0.29, 0.717) is 11.7 Å². The van der Waals surface area contributed by atoms with Crippen molar-refractivity contribution in [1.82, 2.24) is 20.2 Å². The van der Waals surface area contributed by atoms with E-state index in [0.717, 1.165) is 39.8 Å². The number of H-pyrrole nitrogens is 1. The zero-order chi connectivity index (χ0) is 14.4. The molecule has 21 heavy (non-hydrogen) atoms. The quantitative estimate of drug-likeness (QED) is 0.626. The largest absolute Gasteiger partial charge is 0.383 e. The Hall–Kier alpha value is -1.70. The molecule has 0 bridgehead atoms. The highest BCUT2D eigenvalue weighted by molar-refractivity contribution is 14.1. The molecule has 1 atom stereocenters. The summed E-state index contributed by atoms with van der Waals surface area (Å²) in [5.74, 6) is 1.68. The average Bonchev–Trinajstić information content (AvgIpc) is 2.88. The summed E-state index contributed by atoms with van der Waals surface area (Å²) in [5, 5.41) is 7.93. The fourth-order valence-corrected chi connectivity index (χ4v) is 3.69. The number of anilines is 1.